The number of likely N-dealkylation sites (tertiary alicyclic amines) is 2. The van der Waals surface area contributed by atoms with E-state index < -0.39 is 29.1 Å². The predicted octanol–water partition coefficient (Wildman–Crippen LogP) is 6.36. The van der Waals surface area contributed by atoms with E-state index in [1.54, 1.807) is 24.8 Å². The molecule has 3 aromatic rings. The second-order valence-corrected chi connectivity index (χ2v) is 14.9. The van der Waals surface area contributed by atoms with Gasteiger partial charge in [-0.1, -0.05) is 79.2 Å². The summed E-state index contributed by atoms with van der Waals surface area (Å²) in [6.07, 6.45) is 4.41. The molecule has 7 heteroatoms. The van der Waals surface area contributed by atoms with Gasteiger partial charge in [-0.05, 0) is 79.2 Å². The van der Waals surface area contributed by atoms with E-state index in [2.05, 4.69) is 23.1 Å². The van der Waals surface area contributed by atoms with Crippen LogP contribution in [0.4, 0.5) is 0 Å². The van der Waals surface area contributed by atoms with Crippen LogP contribution < -0.4 is 0 Å². The number of hydrogen-bond donors (Lipinski definition) is 1. The molecule has 1 saturated carbocycles. The van der Waals surface area contributed by atoms with Crippen LogP contribution in [0.1, 0.15) is 63.5 Å². The predicted molar refractivity (Wildman–Crippen MR) is 183 cm³/mol. The van der Waals surface area contributed by atoms with Gasteiger partial charge in [-0.25, -0.2) is 0 Å². The molecule has 0 radical (unpaired) electrons. The normalized spacial score (nSPS) is 31.2. The van der Waals surface area contributed by atoms with E-state index >= 15 is 0 Å². The average Bonchev–Trinajstić information content (AvgIpc) is 3.36. The summed E-state index contributed by atoms with van der Waals surface area (Å²) in [6.45, 7) is 7.91. The van der Waals surface area contributed by atoms with Crippen LogP contribution in [-0.4, -0.2) is 57.4 Å². The number of imide groups is 1. The van der Waals surface area contributed by atoms with Crippen LogP contribution in [0.15, 0.2) is 89.5 Å². The molecule has 3 aliphatic carbocycles. The number of hydrogen-bond acceptors (Lipinski definition) is 6. The minimum absolute atomic E-state index is 0.0362. The number of amides is 2. The Morgan fingerprint density at radius 2 is 1.50 bits per heavy atom. The Bertz CT molecular complexity index is 1940. The van der Waals surface area contributed by atoms with Gasteiger partial charge in [0.25, 0.3) is 0 Å². The molecule has 6 atom stereocenters. The van der Waals surface area contributed by atoms with Crippen LogP contribution in [0.5, 0.6) is 5.75 Å². The monoisotopic (exact) mass is 642 g/mol. The number of allylic oxidation sites excluding steroid dienone is 4. The van der Waals surface area contributed by atoms with Crippen LogP contribution >= 0.6 is 0 Å². The van der Waals surface area contributed by atoms with Gasteiger partial charge >= 0.3 is 0 Å². The van der Waals surface area contributed by atoms with Crippen molar-refractivity contribution in [1.82, 2.24) is 9.80 Å². The molecule has 5 aliphatic rings. The van der Waals surface area contributed by atoms with E-state index in [-0.39, 0.29) is 41.1 Å². The zero-order valence-electron chi connectivity index (χ0n) is 27.8. The van der Waals surface area contributed by atoms with Crippen molar-refractivity contribution in [1.29, 1.82) is 0 Å². The molecule has 246 valence electrons. The number of phenols is 1. The van der Waals surface area contributed by atoms with Gasteiger partial charge in [-0.2, -0.15) is 0 Å². The van der Waals surface area contributed by atoms with Crippen LogP contribution in [0, 0.1) is 29.1 Å². The third-order valence-electron chi connectivity index (χ3n) is 12.6. The fourth-order valence-corrected chi connectivity index (χ4v) is 10.0. The van der Waals surface area contributed by atoms with E-state index in [0.717, 1.165) is 49.0 Å². The van der Waals surface area contributed by atoms with E-state index in [0.29, 0.717) is 29.4 Å². The number of nitrogens with zero attached hydrogens (tertiary/aromatic N) is 2. The van der Waals surface area contributed by atoms with Crippen LogP contribution in [0.3, 0.4) is 0 Å². The first-order valence-corrected chi connectivity index (χ1v) is 17.4. The lowest BCUT2D eigenvalue weighted by Crippen LogP contribution is -2.55. The van der Waals surface area contributed by atoms with Crippen molar-refractivity contribution < 1.29 is 24.3 Å². The number of aromatic hydroxyl groups is 1. The van der Waals surface area contributed by atoms with Gasteiger partial charge in [0.15, 0.2) is 11.6 Å². The van der Waals surface area contributed by atoms with Crippen molar-refractivity contribution in [3.63, 3.8) is 0 Å². The summed E-state index contributed by atoms with van der Waals surface area (Å²) in [7, 11) is 0. The lowest BCUT2D eigenvalue weighted by atomic mass is 9.46. The second-order valence-electron chi connectivity index (χ2n) is 14.9. The first-order valence-electron chi connectivity index (χ1n) is 17.4. The summed E-state index contributed by atoms with van der Waals surface area (Å²) in [5.41, 5.74) is 3.04. The molecule has 7 nitrogen and oxygen atoms in total. The fourth-order valence-electron chi connectivity index (χ4n) is 10.0. The summed E-state index contributed by atoms with van der Waals surface area (Å²) in [5.74, 6) is -2.56. The SMILES string of the molecule is CC1=C(C)C(=O)[C@@]2(C)[C@@H](c3ccc(O)c4ccccc34)C3=CC[C@@H]4C(=O)N(C5CCN(Cc6ccccc6)CC5)C(=O)[C@@H]4[C@@H]3C[C@H]2C1=O. The maximum Gasteiger partial charge on any atom is 0.233 e. The number of rotatable bonds is 4. The van der Waals surface area contributed by atoms with Gasteiger partial charge in [0, 0.05) is 42.9 Å². The van der Waals surface area contributed by atoms with Gasteiger partial charge in [-0.3, -0.25) is 29.0 Å². The number of Topliss-reactive ketones (excluding diaryl/α,β-unsaturated/α-hetero) is 2. The molecule has 2 saturated heterocycles. The zero-order chi connectivity index (χ0) is 33.5. The summed E-state index contributed by atoms with van der Waals surface area (Å²) in [5, 5.41) is 12.3. The Morgan fingerprint density at radius 1 is 0.812 bits per heavy atom. The van der Waals surface area contributed by atoms with Crippen molar-refractivity contribution in [3.8, 4) is 5.75 Å². The topological polar surface area (TPSA) is 95.0 Å². The minimum Gasteiger partial charge on any atom is -0.507 e. The molecule has 8 rings (SSSR count). The number of carbonyl (C=O) groups excluding carboxylic acids is 4. The molecule has 3 aromatic carbocycles. The van der Waals surface area contributed by atoms with Crippen molar-refractivity contribution in [2.75, 3.05) is 13.1 Å². The quantitative estimate of drug-likeness (QED) is 0.263. The maximum absolute atomic E-state index is 14.5. The van der Waals surface area contributed by atoms with Crippen molar-refractivity contribution in [2.45, 2.75) is 65.0 Å². The van der Waals surface area contributed by atoms with Crippen molar-refractivity contribution in [2.24, 2.45) is 29.1 Å². The molecule has 0 aromatic heterocycles. The van der Waals surface area contributed by atoms with Gasteiger partial charge in [0.2, 0.25) is 11.8 Å². The lowest BCUT2D eigenvalue weighted by molar-refractivity contribution is -0.145. The highest BCUT2D eigenvalue weighted by molar-refractivity contribution is 6.16. The minimum atomic E-state index is -1.06. The lowest BCUT2D eigenvalue weighted by Gasteiger charge is -2.54. The molecule has 2 amide bonds. The number of carbonyl (C=O) groups is 4. The summed E-state index contributed by atoms with van der Waals surface area (Å²) < 4.78 is 0. The van der Waals surface area contributed by atoms with E-state index in [4.69, 9.17) is 0 Å². The van der Waals surface area contributed by atoms with E-state index in [9.17, 15) is 24.3 Å². The highest BCUT2D eigenvalue weighted by Gasteiger charge is 2.64. The van der Waals surface area contributed by atoms with Gasteiger partial charge in [0.1, 0.15) is 5.75 Å². The molecular weight excluding hydrogens is 600 g/mol. The molecular formula is C41H42N2O5. The first kappa shape index (κ1) is 30.9. The highest BCUT2D eigenvalue weighted by Crippen LogP contribution is 2.63. The van der Waals surface area contributed by atoms with Gasteiger partial charge in [0.05, 0.1) is 17.3 Å². The standard InChI is InChI=1S/C41H42N2O5/c1-23-24(2)38(46)41(3)33(37(23)45)21-32-30(36(41)29-15-16-34(44)28-12-8-7-11-27(28)29)13-14-31-35(32)40(48)43(39(31)47)26-17-19-42(20-18-26)22-25-9-5-4-6-10-25/h4-13,15-16,26,31-33,35-36,44H,14,17-22H2,1-3H3/t31-,32+,33-,35-,36-,41+/m0/s1. The fraction of sp³-hybridized carbons (Fsp3) is 0.415. The number of piperidine rings is 1. The van der Waals surface area contributed by atoms with E-state index in [1.165, 1.54) is 5.56 Å². The second kappa shape index (κ2) is 11.4. The summed E-state index contributed by atoms with van der Waals surface area (Å²) in [4.78, 5) is 61.2. The van der Waals surface area contributed by atoms with Gasteiger partial charge in [-0.15, -0.1) is 0 Å². The molecule has 0 unspecified atom stereocenters. The third kappa shape index (κ3) is 4.43. The largest absolute Gasteiger partial charge is 0.507 e. The summed E-state index contributed by atoms with van der Waals surface area (Å²) in [6, 6.07) is 21.4. The average molecular weight is 643 g/mol. The van der Waals surface area contributed by atoms with Crippen LogP contribution in [0.2, 0.25) is 0 Å². The molecule has 48 heavy (non-hydrogen) atoms. The Hall–Kier alpha value is -4.36. The number of fused-ring (bicyclic) bond motifs is 5. The molecule has 2 aliphatic heterocycles. The van der Waals surface area contributed by atoms with Crippen LogP contribution in [-0.2, 0) is 25.7 Å². The Kier molecular flexibility index (Phi) is 7.33. The van der Waals surface area contributed by atoms with E-state index in [1.807, 2.05) is 55.5 Å². The highest BCUT2D eigenvalue weighted by atomic mass is 16.3. The maximum atomic E-state index is 14.5. The Labute approximate surface area is 281 Å². The van der Waals surface area contributed by atoms with Gasteiger partial charge < -0.3 is 5.11 Å². The van der Waals surface area contributed by atoms with Crippen LogP contribution in [0.25, 0.3) is 10.8 Å². The zero-order valence-corrected chi connectivity index (χ0v) is 27.8. The molecule has 0 spiro atoms. The molecule has 2 heterocycles. The molecule has 1 N–H and O–H groups in total. The van der Waals surface area contributed by atoms with Crippen molar-refractivity contribution in [3.05, 3.63) is 101 Å². The Balaban J connectivity index is 1.16. The number of phenolic OH excluding ortho intramolecular Hbond substituents is 1. The number of ketones is 2. The molecule has 0 bridgehead atoms. The van der Waals surface area contributed by atoms with Crippen molar-refractivity contribution >= 4 is 34.2 Å². The summed E-state index contributed by atoms with van der Waals surface area (Å²) >= 11 is 0. The first-order chi connectivity index (χ1) is 23.1. The third-order valence-corrected chi connectivity index (χ3v) is 12.6. The molecule has 3 fully saturated rings. The Morgan fingerprint density at radius 3 is 2.23 bits per heavy atom. The number of benzene rings is 3. The smallest absolute Gasteiger partial charge is 0.233 e.